The summed E-state index contributed by atoms with van der Waals surface area (Å²) in [6.45, 7) is 2.59. The molecule has 100 valence electrons. The smallest absolute Gasteiger partial charge is 0.234 e. The van der Waals surface area contributed by atoms with Gasteiger partial charge in [0.1, 0.15) is 12.4 Å². The van der Waals surface area contributed by atoms with Crippen LogP contribution in [0.3, 0.4) is 0 Å². The molecular formula is C14H17N3O2. The number of rotatable bonds is 6. The number of ether oxygens (including phenoxy) is 1. The Kier molecular flexibility index (Phi) is 4.69. The first-order valence-corrected chi connectivity index (χ1v) is 6.15. The van der Waals surface area contributed by atoms with E-state index in [9.17, 15) is 5.11 Å². The van der Waals surface area contributed by atoms with E-state index in [1.165, 1.54) is 0 Å². The average molecular weight is 259 g/mol. The van der Waals surface area contributed by atoms with Gasteiger partial charge >= 0.3 is 0 Å². The first kappa shape index (κ1) is 13.3. The Morgan fingerprint density at radius 3 is 2.79 bits per heavy atom. The number of hydrogen-bond acceptors (Lipinski definition) is 5. The van der Waals surface area contributed by atoms with Gasteiger partial charge in [-0.15, -0.1) is 0 Å². The van der Waals surface area contributed by atoms with E-state index in [2.05, 4.69) is 15.3 Å². The zero-order valence-electron chi connectivity index (χ0n) is 10.8. The van der Waals surface area contributed by atoms with Crippen LogP contribution in [-0.2, 0) is 6.61 Å². The summed E-state index contributed by atoms with van der Waals surface area (Å²) in [6.07, 6.45) is 2.73. The normalized spacial score (nSPS) is 11.9. The number of aliphatic hydroxyl groups is 1. The van der Waals surface area contributed by atoms with Crippen molar-refractivity contribution in [3.63, 3.8) is 0 Å². The van der Waals surface area contributed by atoms with Gasteiger partial charge in [0.25, 0.3) is 0 Å². The SMILES string of the molecule is C[C@@H](O)CNc1cncc(OCc2ccccc2)n1. The van der Waals surface area contributed by atoms with Gasteiger partial charge in [-0.1, -0.05) is 30.3 Å². The first-order valence-electron chi connectivity index (χ1n) is 6.15. The third-order valence-corrected chi connectivity index (χ3v) is 2.42. The Morgan fingerprint density at radius 2 is 2.05 bits per heavy atom. The fourth-order valence-electron chi connectivity index (χ4n) is 1.49. The van der Waals surface area contributed by atoms with Crippen molar-refractivity contribution in [2.75, 3.05) is 11.9 Å². The van der Waals surface area contributed by atoms with Crippen LogP contribution in [0.2, 0.25) is 0 Å². The lowest BCUT2D eigenvalue weighted by atomic mass is 10.2. The molecule has 5 heteroatoms. The van der Waals surface area contributed by atoms with Crippen LogP contribution < -0.4 is 10.1 Å². The van der Waals surface area contributed by atoms with Gasteiger partial charge in [-0.25, -0.2) is 0 Å². The number of nitrogens with one attached hydrogen (secondary N) is 1. The molecule has 0 radical (unpaired) electrons. The number of nitrogens with zero attached hydrogens (tertiary/aromatic N) is 2. The van der Waals surface area contributed by atoms with Crippen molar-refractivity contribution in [3.05, 3.63) is 48.3 Å². The molecule has 1 heterocycles. The molecule has 19 heavy (non-hydrogen) atoms. The van der Waals surface area contributed by atoms with Crippen molar-refractivity contribution in [2.24, 2.45) is 0 Å². The Balaban J connectivity index is 1.91. The summed E-state index contributed by atoms with van der Waals surface area (Å²) in [5.74, 6) is 1.05. The van der Waals surface area contributed by atoms with E-state index >= 15 is 0 Å². The maximum Gasteiger partial charge on any atom is 0.234 e. The van der Waals surface area contributed by atoms with Crippen molar-refractivity contribution in [3.8, 4) is 5.88 Å². The van der Waals surface area contributed by atoms with E-state index in [0.717, 1.165) is 5.56 Å². The lowest BCUT2D eigenvalue weighted by Gasteiger charge is -2.09. The number of benzene rings is 1. The Morgan fingerprint density at radius 1 is 1.26 bits per heavy atom. The standard InChI is InChI=1S/C14H17N3O2/c1-11(18)7-16-13-8-15-9-14(17-13)19-10-12-5-3-2-4-6-12/h2-6,8-9,11,18H,7,10H2,1H3,(H,16,17)/t11-/m1/s1. The van der Waals surface area contributed by atoms with E-state index in [0.29, 0.717) is 24.8 Å². The van der Waals surface area contributed by atoms with Crippen LogP contribution in [0.1, 0.15) is 12.5 Å². The molecule has 0 amide bonds. The Hall–Kier alpha value is -2.14. The van der Waals surface area contributed by atoms with Gasteiger partial charge in [0, 0.05) is 6.54 Å². The summed E-state index contributed by atoms with van der Waals surface area (Å²) in [7, 11) is 0. The summed E-state index contributed by atoms with van der Waals surface area (Å²) in [4.78, 5) is 8.30. The molecule has 2 N–H and O–H groups in total. The minimum absolute atomic E-state index is 0.427. The molecule has 5 nitrogen and oxygen atoms in total. The number of hydrogen-bond donors (Lipinski definition) is 2. The van der Waals surface area contributed by atoms with Gasteiger partial charge in [-0.3, -0.25) is 4.98 Å². The van der Waals surface area contributed by atoms with E-state index in [4.69, 9.17) is 4.74 Å². The molecule has 0 aliphatic rings. The molecule has 0 aliphatic carbocycles. The van der Waals surface area contributed by atoms with Crippen LogP contribution >= 0.6 is 0 Å². The highest BCUT2D eigenvalue weighted by atomic mass is 16.5. The highest BCUT2D eigenvalue weighted by molar-refractivity contribution is 5.33. The second-order valence-corrected chi connectivity index (χ2v) is 4.25. The summed E-state index contributed by atoms with van der Waals surface area (Å²) >= 11 is 0. The topological polar surface area (TPSA) is 67.3 Å². The number of aliphatic hydroxyl groups excluding tert-OH is 1. The second-order valence-electron chi connectivity index (χ2n) is 4.25. The fourth-order valence-corrected chi connectivity index (χ4v) is 1.49. The highest BCUT2D eigenvalue weighted by Gasteiger charge is 2.01. The largest absolute Gasteiger partial charge is 0.472 e. The zero-order valence-corrected chi connectivity index (χ0v) is 10.8. The van der Waals surface area contributed by atoms with Gasteiger partial charge in [0.2, 0.25) is 5.88 Å². The third-order valence-electron chi connectivity index (χ3n) is 2.42. The van der Waals surface area contributed by atoms with Crippen LogP contribution in [0.5, 0.6) is 5.88 Å². The maximum atomic E-state index is 9.19. The lowest BCUT2D eigenvalue weighted by Crippen LogP contribution is -2.16. The molecule has 2 aromatic rings. The molecular weight excluding hydrogens is 242 g/mol. The molecule has 1 atom stereocenters. The predicted octanol–water partition coefficient (Wildman–Crippen LogP) is 1.85. The molecule has 1 aromatic heterocycles. The zero-order chi connectivity index (χ0) is 13.5. The third kappa shape index (κ3) is 4.56. The summed E-state index contributed by atoms with van der Waals surface area (Å²) < 4.78 is 5.56. The van der Waals surface area contributed by atoms with E-state index < -0.39 is 6.10 Å². The molecule has 0 saturated heterocycles. The minimum Gasteiger partial charge on any atom is -0.472 e. The number of aromatic nitrogens is 2. The van der Waals surface area contributed by atoms with Crippen molar-refractivity contribution in [1.29, 1.82) is 0 Å². The highest BCUT2D eigenvalue weighted by Crippen LogP contribution is 2.11. The second kappa shape index (κ2) is 6.70. The molecule has 2 rings (SSSR count). The molecule has 0 aliphatic heterocycles. The van der Waals surface area contributed by atoms with Gasteiger partial charge in [-0.2, -0.15) is 4.98 Å². The van der Waals surface area contributed by atoms with Crippen LogP contribution in [-0.4, -0.2) is 27.7 Å². The van der Waals surface area contributed by atoms with E-state index in [1.54, 1.807) is 19.3 Å². The predicted molar refractivity (Wildman–Crippen MR) is 73.0 cm³/mol. The van der Waals surface area contributed by atoms with Crippen LogP contribution in [0, 0.1) is 0 Å². The maximum absolute atomic E-state index is 9.19. The van der Waals surface area contributed by atoms with Gasteiger partial charge in [0.15, 0.2) is 0 Å². The fraction of sp³-hybridized carbons (Fsp3) is 0.286. The van der Waals surface area contributed by atoms with E-state index in [1.807, 2.05) is 30.3 Å². The molecule has 1 aromatic carbocycles. The minimum atomic E-state index is -0.435. The Bertz CT molecular complexity index is 503. The molecule has 0 saturated carbocycles. The Labute approximate surface area is 112 Å². The van der Waals surface area contributed by atoms with Crippen molar-refractivity contribution in [1.82, 2.24) is 9.97 Å². The van der Waals surface area contributed by atoms with Crippen LogP contribution in [0.4, 0.5) is 5.82 Å². The van der Waals surface area contributed by atoms with Crippen LogP contribution in [0.25, 0.3) is 0 Å². The van der Waals surface area contributed by atoms with Crippen molar-refractivity contribution >= 4 is 5.82 Å². The molecule has 0 unspecified atom stereocenters. The summed E-state index contributed by atoms with van der Waals surface area (Å²) in [5.41, 5.74) is 1.08. The molecule has 0 spiro atoms. The van der Waals surface area contributed by atoms with Gasteiger partial charge in [0.05, 0.1) is 18.5 Å². The molecule has 0 fully saturated rings. The van der Waals surface area contributed by atoms with Gasteiger partial charge in [-0.05, 0) is 12.5 Å². The van der Waals surface area contributed by atoms with E-state index in [-0.39, 0.29) is 0 Å². The first-order chi connectivity index (χ1) is 9.24. The number of anilines is 1. The van der Waals surface area contributed by atoms with Gasteiger partial charge < -0.3 is 15.2 Å². The lowest BCUT2D eigenvalue weighted by molar-refractivity contribution is 0.208. The summed E-state index contributed by atoms with van der Waals surface area (Å²) in [5, 5.41) is 12.2. The quantitative estimate of drug-likeness (QED) is 0.828. The molecule has 0 bridgehead atoms. The monoisotopic (exact) mass is 259 g/mol. The van der Waals surface area contributed by atoms with Crippen molar-refractivity contribution in [2.45, 2.75) is 19.6 Å². The summed E-state index contributed by atoms with van der Waals surface area (Å²) in [6, 6.07) is 9.87. The van der Waals surface area contributed by atoms with Crippen LogP contribution in [0.15, 0.2) is 42.7 Å². The van der Waals surface area contributed by atoms with Crippen molar-refractivity contribution < 1.29 is 9.84 Å². The average Bonchev–Trinajstić information content (AvgIpc) is 2.44.